The number of ether oxygens (including phenoxy) is 2. The van der Waals surface area contributed by atoms with Crippen LogP contribution in [0.25, 0.3) is 0 Å². The fraction of sp³-hybridized carbons (Fsp3) is 0.455. The first-order valence-electron chi connectivity index (χ1n) is 4.78. The van der Waals surface area contributed by atoms with E-state index < -0.39 is 0 Å². The lowest BCUT2D eigenvalue weighted by atomic mass is 10.2. The third-order valence-electron chi connectivity index (χ3n) is 2.29. The zero-order valence-electron chi connectivity index (χ0n) is 8.07. The fourth-order valence-electron chi connectivity index (χ4n) is 1.45. The molecule has 1 saturated heterocycles. The zero-order valence-corrected chi connectivity index (χ0v) is 9.66. The summed E-state index contributed by atoms with van der Waals surface area (Å²) in [6.45, 7) is 2.86. The van der Waals surface area contributed by atoms with Crippen molar-refractivity contribution in [2.75, 3.05) is 6.61 Å². The number of hydrogen-bond donors (Lipinski definition) is 0. The molecule has 14 heavy (non-hydrogen) atoms. The second-order valence-corrected chi connectivity index (χ2v) is 4.41. The SMILES string of the molecule is C[C@@H]1CCO[C@@H](c2ccc(Br)cc2)O1. The standard InChI is InChI=1S/C11H13BrO2/c1-8-6-7-13-11(14-8)9-2-4-10(12)5-3-9/h2-5,8,11H,6-7H2,1H3/t8-,11-/m1/s1. The Balaban J connectivity index is 2.10. The second kappa shape index (κ2) is 4.43. The lowest BCUT2D eigenvalue weighted by molar-refractivity contribution is -0.212. The van der Waals surface area contributed by atoms with Gasteiger partial charge in [-0.3, -0.25) is 0 Å². The number of rotatable bonds is 1. The Bertz CT molecular complexity index is 297. The molecule has 76 valence electrons. The Morgan fingerprint density at radius 1 is 1.29 bits per heavy atom. The molecule has 0 bridgehead atoms. The summed E-state index contributed by atoms with van der Waals surface area (Å²) in [6, 6.07) is 8.04. The number of halogens is 1. The minimum atomic E-state index is -0.188. The van der Waals surface area contributed by atoms with E-state index in [2.05, 4.69) is 22.9 Å². The zero-order chi connectivity index (χ0) is 9.97. The Morgan fingerprint density at radius 3 is 2.64 bits per heavy atom. The van der Waals surface area contributed by atoms with Gasteiger partial charge in [0, 0.05) is 10.0 Å². The van der Waals surface area contributed by atoms with Gasteiger partial charge in [-0.1, -0.05) is 28.1 Å². The molecule has 1 aliphatic heterocycles. The highest BCUT2D eigenvalue weighted by Crippen LogP contribution is 2.26. The minimum absolute atomic E-state index is 0.188. The van der Waals surface area contributed by atoms with Gasteiger partial charge in [0.2, 0.25) is 0 Å². The van der Waals surface area contributed by atoms with Crippen LogP contribution >= 0.6 is 15.9 Å². The molecule has 2 rings (SSSR count). The quantitative estimate of drug-likeness (QED) is 0.768. The van der Waals surface area contributed by atoms with Crippen molar-refractivity contribution in [2.24, 2.45) is 0 Å². The van der Waals surface area contributed by atoms with Crippen molar-refractivity contribution in [1.82, 2.24) is 0 Å². The van der Waals surface area contributed by atoms with Crippen molar-refractivity contribution in [2.45, 2.75) is 25.7 Å². The molecule has 2 nitrogen and oxygen atoms in total. The van der Waals surface area contributed by atoms with Crippen molar-refractivity contribution in [3.05, 3.63) is 34.3 Å². The molecular formula is C11H13BrO2. The van der Waals surface area contributed by atoms with Crippen LogP contribution in [-0.2, 0) is 9.47 Å². The van der Waals surface area contributed by atoms with E-state index in [0.717, 1.165) is 23.1 Å². The summed E-state index contributed by atoms with van der Waals surface area (Å²) in [5.41, 5.74) is 1.08. The van der Waals surface area contributed by atoms with Crippen LogP contribution in [0.5, 0.6) is 0 Å². The van der Waals surface area contributed by atoms with Crippen molar-refractivity contribution in [3.8, 4) is 0 Å². The van der Waals surface area contributed by atoms with Gasteiger partial charge in [-0.15, -0.1) is 0 Å². The molecule has 0 saturated carbocycles. The van der Waals surface area contributed by atoms with Crippen molar-refractivity contribution in [1.29, 1.82) is 0 Å². The molecule has 0 aliphatic carbocycles. The maximum absolute atomic E-state index is 5.67. The lowest BCUT2D eigenvalue weighted by Gasteiger charge is -2.28. The topological polar surface area (TPSA) is 18.5 Å². The first kappa shape index (κ1) is 10.1. The van der Waals surface area contributed by atoms with Crippen LogP contribution in [0.4, 0.5) is 0 Å². The van der Waals surface area contributed by atoms with Crippen LogP contribution < -0.4 is 0 Å². The van der Waals surface area contributed by atoms with E-state index in [1.165, 1.54) is 0 Å². The molecule has 0 N–H and O–H groups in total. The van der Waals surface area contributed by atoms with Crippen molar-refractivity contribution in [3.63, 3.8) is 0 Å². The largest absolute Gasteiger partial charge is 0.348 e. The van der Waals surface area contributed by atoms with Gasteiger partial charge in [-0.2, -0.15) is 0 Å². The molecule has 0 spiro atoms. The Labute approximate surface area is 92.3 Å². The van der Waals surface area contributed by atoms with Gasteiger partial charge >= 0.3 is 0 Å². The minimum Gasteiger partial charge on any atom is -0.348 e. The van der Waals surface area contributed by atoms with E-state index in [9.17, 15) is 0 Å². The molecule has 1 aromatic rings. The molecule has 1 heterocycles. The van der Waals surface area contributed by atoms with Gasteiger partial charge < -0.3 is 9.47 Å². The van der Waals surface area contributed by atoms with Crippen LogP contribution in [0.2, 0.25) is 0 Å². The van der Waals surface area contributed by atoms with Crippen molar-refractivity contribution < 1.29 is 9.47 Å². The van der Waals surface area contributed by atoms with Crippen molar-refractivity contribution >= 4 is 15.9 Å². The molecule has 0 radical (unpaired) electrons. The molecule has 0 amide bonds. The number of hydrogen-bond acceptors (Lipinski definition) is 2. The average Bonchev–Trinajstić information content (AvgIpc) is 2.19. The lowest BCUT2D eigenvalue weighted by Crippen LogP contribution is -2.24. The highest BCUT2D eigenvalue weighted by atomic mass is 79.9. The maximum Gasteiger partial charge on any atom is 0.184 e. The first-order valence-corrected chi connectivity index (χ1v) is 5.57. The van der Waals surface area contributed by atoms with Gasteiger partial charge in [0.15, 0.2) is 6.29 Å². The molecular weight excluding hydrogens is 244 g/mol. The Morgan fingerprint density at radius 2 is 2.00 bits per heavy atom. The first-order chi connectivity index (χ1) is 6.75. The fourth-order valence-corrected chi connectivity index (χ4v) is 1.72. The van der Waals surface area contributed by atoms with Crippen LogP contribution in [0.1, 0.15) is 25.2 Å². The highest BCUT2D eigenvalue weighted by Gasteiger charge is 2.20. The number of benzene rings is 1. The van der Waals surface area contributed by atoms with E-state index >= 15 is 0 Å². The third-order valence-corrected chi connectivity index (χ3v) is 2.82. The van der Waals surface area contributed by atoms with E-state index in [1.54, 1.807) is 0 Å². The highest BCUT2D eigenvalue weighted by molar-refractivity contribution is 9.10. The molecule has 0 unspecified atom stereocenters. The summed E-state index contributed by atoms with van der Waals surface area (Å²) >= 11 is 3.40. The summed E-state index contributed by atoms with van der Waals surface area (Å²) in [6.07, 6.45) is 1.08. The Kier molecular flexibility index (Phi) is 3.21. The van der Waals surface area contributed by atoms with Gasteiger partial charge in [0.05, 0.1) is 12.7 Å². The summed E-state index contributed by atoms with van der Waals surface area (Å²) in [5.74, 6) is 0. The summed E-state index contributed by atoms with van der Waals surface area (Å²) in [7, 11) is 0. The van der Waals surface area contributed by atoms with E-state index in [4.69, 9.17) is 9.47 Å². The Hall–Kier alpha value is -0.380. The van der Waals surface area contributed by atoms with Gasteiger partial charge in [-0.25, -0.2) is 0 Å². The van der Waals surface area contributed by atoms with E-state index in [-0.39, 0.29) is 12.4 Å². The second-order valence-electron chi connectivity index (χ2n) is 3.49. The summed E-state index contributed by atoms with van der Waals surface area (Å²) in [4.78, 5) is 0. The van der Waals surface area contributed by atoms with Crippen LogP contribution in [0.3, 0.4) is 0 Å². The predicted molar refractivity (Wildman–Crippen MR) is 58.0 cm³/mol. The predicted octanol–water partition coefficient (Wildman–Crippen LogP) is 3.27. The monoisotopic (exact) mass is 256 g/mol. The maximum atomic E-state index is 5.67. The third kappa shape index (κ3) is 2.35. The van der Waals surface area contributed by atoms with Gasteiger partial charge in [0.25, 0.3) is 0 Å². The summed E-state index contributed by atoms with van der Waals surface area (Å²) in [5, 5.41) is 0. The van der Waals surface area contributed by atoms with Crippen LogP contribution in [0.15, 0.2) is 28.7 Å². The molecule has 2 atom stereocenters. The smallest absolute Gasteiger partial charge is 0.184 e. The van der Waals surface area contributed by atoms with Gasteiger partial charge in [-0.05, 0) is 25.5 Å². The molecule has 1 aromatic carbocycles. The molecule has 0 aromatic heterocycles. The normalized spacial score (nSPS) is 27.6. The van der Waals surface area contributed by atoms with Crippen LogP contribution in [0, 0.1) is 0 Å². The average molecular weight is 257 g/mol. The van der Waals surface area contributed by atoms with Crippen LogP contribution in [-0.4, -0.2) is 12.7 Å². The van der Waals surface area contributed by atoms with E-state index in [0.29, 0.717) is 0 Å². The molecule has 1 fully saturated rings. The van der Waals surface area contributed by atoms with E-state index in [1.807, 2.05) is 24.3 Å². The van der Waals surface area contributed by atoms with Gasteiger partial charge in [0.1, 0.15) is 0 Å². The summed E-state index contributed by atoms with van der Waals surface area (Å²) < 4.78 is 12.3. The molecule has 3 heteroatoms. The molecule has 1 aliphatic rings.